The van der Waals surface area contributed by atoms with E-state index in [1.807, 2.05) is 35.4 Å². The smallest absolute Gasteiger partial charge is 0.138 e. The Morgan fingerprint density at radius 1 is 1.25 bits per heavy atom. The molecule has 1 aliphatic heterocycles. The van der Waals surface area contributed by atoms with Gasteiger partial charge in [-0.15, -0.1) is 0 Å². The summed E-state index contributed by atoms with van der Waals surface area (Å²) in [7, 11) is 1.61. The minimum atomic E-state index is -0.180. The summed E-state index contributed by atoms with van der Waals surface area (Å²) in [5, 5.41) is 16.0. The van der Waals surface area contributed by atoms with Gasteiger partial charge in [-0.1, -0.05) is 6.58 Å². The molecule has 7 nitrogen and oxygen atoms in total. The number of aliphatic hydroxyl groups excluding tert-OH is 1. The predicted octanol–water partition coefficient (Wildman–Crippen LogP) is 3.69. The third-order valence-electron chi connectivity index (χ3n) is 4.18. The molecule has 0 aromatic carbocycles. The van der Waals surface area contributed by atoms with E-state index in [4.69, 9.17) is 9.72 Å². The number of fused-ring (bicyclic) bond motifs is 1. The second-order valence-electron chi connectivity index (χ2n) is 7.58. The molecule has 28 heavy (non-hydrogen) atoms. The van der Waals surface area contributed by atoms with Crippen LogP contribution in [0.4, 0.5) is 17.5 Å². The minimum Gasteiger partial charge on any atom is -0.495 e. The van der Waals surface area contributed by atoms with Crippen molar-refractivity contribution >= 4 is 29.2 Å². The first kappa shape index (κ1) is 19.7. The van der Waals surface area contributed by atoms with Gasteiger partial charge < -0.3 is 25.4 Å². The van der Waals surface area contributed by atoms with Gasteiger partial charge in [0.05, 0.1) is 19.9 Å². The summed E-state index contributed by atoms with van der Waals surface area (Å²) in [5.74, 6) is 2.78. The van der Waals surface area contributed by atoms with Crippen molar-refractivity contribution in [1.29, 1.82) is 0 Å². The summed E-state index contributed by atoms with van der Waals surface area (Å²) in [6.45, 7) is 11.0. The van der Waals surface area contributed by atoms with E-state index in [1.54, 1.807) is 13.3 Å². The van der Waals surface area contributed by atoms with Gasteiger partial charge in [-0.05, 0) is 50.6 Å². The van der Waals surface area contributed by atoms with Gasteiger partial charge in [0.25, 0.3) is 0 Å². The fourth-order valence-corrected chi connectivity index (χ4v) is 2.94. The van der Waals surface area contributed by atoms with E-state index in [0.717, 1.165) is 22.6 Å². The predicted molar refractivity (Wildman–Crippen MR) is 114 cm³/mol. The third kappa shape index (κ3) is 4.43. The molecule has 0 saturated carbocycles. The van der Waals surface area contributed by atoms with Crippen molar-refractivity contribution in [3.8, 4) is 5.75 Å². The van der Waals surface area contributed by atoms with Gasteiger partial charge in [-0.3, -0.25) is 0 Å². The minimum absolute atomic E-state index is 0.0525. The van der Waals surface area contributed by atoms with Gasteiger partial charge >= 0.3 is 0 Å². The normalized spacial score (nSPS) is 13.3. The molecule has 0 unspecified atom stereocenters. The highest BCUT2D eigenvalue weighted by atomic mass is 16.5. The topological polar surface area (TPSA) is 82.5 Å². The molecule has 3 heterocycles. The largest absolute Gasteiger partial charge is 0.495 e. The first-order valence-electron chi connectivity index (χ1n) is 9.16. The first-order valence-corrected chi connectivity index (χ1v) is 9.16. The Balaban J connectivity index is 1.99. The Kier molecular flexibility index (Phi) is 5.56. The van der Waals surface area contributed by atoms with Crippen LogP contribution in [0, 0.1) is 0 Å². The Hall–Kier alpha value is -3.06. The Morgan fingerprint density at radius 2 is 2.04 bits per heavy atom. The maximum Gasteiger partial charge on any atom is 0.138 e. The summed E-state index contributed by atoms with van der Waals surface area (Å²) < 4.78 is 5.15. The Morgan fingerprint density at radius 3 is 2.64 bits per heavy atom. The summed E-state index contributed by atoms with van der Waals surface area (Å²) in [6.07, 6.45) is 5.59. The van der Waals surface area contributed by atoms with Gasteiger partial charge in [0.2, 0.25) is 0 Å². The van der Waals surface area contributed by atoms with Crippen LogP contribution in [0.15, 0.2) is 37.2 Å². The van der Waals surface area contributed by atoms with E-state index < -0.39 is 0 Å². The van der Waals surface area contributed by atoms with Crippen molar-refractivity contribution in [2.75, 3.05) is 30.9 Å². The van der Waals surface area contributed by atoms with Crippen LogP contribution in [-0.2, 0) is 0 Å². The van der Waals surface area contributed by atoms with E-state index in [-0.39, 0.29) is 12.1 Å². The zero-order valence-corrected chi connectivity index (χ0v) is 16.8. The third-order valence-corrected chi connectivity index (χ3v) is 4.18. The molecule has 3 N–H and O–H groups in total. The zero-order chi connectivity index (χ0) is 20.3. The molecule has 0 bridgehead atoms. The van der Waals surface area contributed by atoms with Crippen molar-refractivity contribution < 1.29 is 9.84 Å². The van der Waals surface area contributed by atoms with Crippen molar-refractivity contribution in [3.63, 3.8) is 0 Å². The molecule has 0 fully saturated rings. The van der Waals surface area contributed by atoms with Crippen LogP contribution in [0.25, 0.3) is 11.8 Å². The number of aromatic nitrogens is 2. The Bertz CT molecular complexity index is 885. The van der Waals surface area contributed by atoms with Crippen LogP contribution in [0.1, 0.15) is 31.9 Å². The van der Waals surface area contributed by atoms with Gasteiger partial charge in [-0.2, -0.15) is 0 Å². The van der Waals surface area contributed by atoms with Crippen LogP contribution < -0.4 is 15.4 Å². The van der Waals surface area contributed by atoms with Crippen LogP contribution in [0.3, 0.4) is 0 Å². The molecular formula is C21H27N5O2. The number of pyridine rings is 2. The van der Waals surface area contributed by atoms with E-state index in [2.05, 4.69) is 43.0 Å². The first-order chi connectivity index (χ1) is 13.3. The van der Waals surface area contributed by atoms with E-state index in [0.29, 0.717) is 23.9 Å². The highest BCUT2D eigenvalue weighted by Crippen LogP contribution is 2.36. The second kappa shape index (κ2) is 7.90. The van der Waals surface area contributed by atoms with E-state index in [1.165, 1.54) is 0 Å². The lowest BCUT2D eigenvalue weighted by Crippen LogP contribution is -2.29. The molecule has 1 aliphatic rings. The second-order valence-corrected chi connectivity index (χ2v) is 7.58. The molecule has 0 atom stereocenters. The molecule has 0 aliphatic carbocycles. The number of methoxy groups -OCH3 is 1. The molecule has 0 saturated heterocycles. The molecule has 3 rings (SSSR count). The fraction of sp³-hybridized carbons (Fsp3) is 0.333. The number of aliphatic hydroxyl groups is 1. The number of β-amino-alcohol motifs (C(OH)–C–C–N with tert-alkyl or cyclic N) is 1. The lowest BCUT2D eigenvalue weighted by atomic mass is 10.0. The van der Waals surface area contributed by atoms with Crippen molar-refractivity contribution in [1.82, 2.24) is 14.9 Å². The molecule has 0 spiro atoms. The average Bonchev–Trinajstić information content (AvgIpc) is 2.63. The van der Waals surface area contributed by atoms with Gasteiger partial charge in [0.15, 0.2) is 0 Å². The molecular weight excluding hydrogens is 354 g/mol. The maximum atomic E-state index is 9.31. The SMILES string of the molecule is C=C1c2c(cc(Nc3ccc(OC)cn3)nc2NC(C)(C)C)C=CN1CCO. The fourth-order valence-electron chi connectivity index (χ4n) is 2.94. The lowest BCUT2D eigenvalue weighted by molar-refractivity contribution is 0.267. The highest BCUT2D eigenvalue weighted by Gasteiger charge is 2.23. The Labute approximate surface area is 165 Å². The highest BCUT2D eigenvalue weighted by molar-refractivity contribution is 5.85. The standard InChI is InChI=1S/C21H27N5O2/c1-14-19-15(8-9-26(14)10-11-27)12-18(24-20(19)25-21(2,3)4)23-17-7-6-16(28-5)13-22-17/h6-9,12-13,27H,1,10-11H2,2-5H3,(H2,22,23,24,25). The molecule has 2 aromatic rings. The summed E-state index contributed by atoms with van der Waals surface area (Å²) in [4.78, 5) is 11.0. The van der Waals surface area contributed by atoms with Crippen molar-refractivity contribution in [2.45, 2.75) is 26.3 Å². The van der Waals surface area contributed by atoms with Crippen LogP contribution in [0.5, 0.6) is 5.75 Å². The average molecular weight is 381 g/mol. The van der Waals surface area contributed by atoms with Crippen LogP contribution in [-0.4, -0.2) is 45.8 Å². The number of rotatable bonds is 6. The molecule has 2 aromatic heterocycles. The van der Waals surface area contributed by atoms with Crippen molar-refractivity contribution in [3.05, 3.63) is 48.3 Å². The quantitative estimate of drug-likeness (QED) is 0.704. The van der Waals surface area contributed by atoms with Crippen molar-refractivity contribution in [2.24, 2.45) is 0 Å². The summed E-state index contributed by atoms with van der Waals surface area (Å²) in [6, 6.07) is 5.65. The number of hydrogen-bond acceptors (Lipinski definition) is 7. The van der Waals surface area contributed by atoms with E-state index in [9.17, 15) is 5.11 Å². The molecule has 0 amide bonds. The van der Waals surface area contributed by atoms with Gasteiger partial charge in [0, 0.05) is 29.5 Å². The van der Waals surface area contributed by atoms with Crippen LogP contribution in [0.2, 0.25) is 0 Å². The lowest BCUT2D eigenvalue weighted by Gasteiger charge is -2.31. The van der Waals surface area contributed by atoms with Crippen LogP contribution >= 0.6 is 0 Å². The number of ether oxygens (including phenoxy) is 1. The molecule has 0 radical (unpaired) electrons. The number of nitrogens with zero attached hydrogens (tertiary/aromatic N) is 3. The van der Waals surface area contributed by atoms with Gasteiger partial charge in [-0.25, -0.2) is 9.97 Å². The summed E-state index contributed by atoms with van der Waals surface area (Å²) >= 11 is 0. The zero-order valence-electron chi connectivity index (χ0n) is 16.8. The van der Waals surface area contributed by atoms with Gasteiger partial charge in [0.1, 0.15) is 23.2 Å². The molecule has 148 valence electrons. The monoisotopic (exact) mass is 381 g/mol. The number of nitrogens with one attached hydrogen (secondary N) is 2. The molecule has 7 heteroatoms. The van der Waals surface area contributed by atoms with E-state index >= 15 is 0 Å². The summed E-state index contributed by atoms with van der Waals surface area (Å²) in [5.41, 5.74) is 2.55. The number of anilines is 3. The number of hydrogen-bond donors (Lipinski definition) is 3. The maximum absolute atomic E-state index is 9.31.